The third-order valence-corrected chi connectivity index (χ3v) is 4.22. The number of methoxy groups -OCH3 is 2. The third kappa shape index (κ3) is 2.23. The number of benzene rings is 2. The van der Waals surface area contributed by atoms with E-state index in [0.29, 0.717) is 27.5 Å². The minimum Gasteiger partial charge on any atom is -0.496 e. The van der Waals surface area contributed by atoms with Gasteiger partial charge in [-0.05, 0) is 12.1 Å². The van der Waals surface area contributed by atoms with Gasteiger partial charge < -0.3 is 13.9 Å². The molecule has 0 aliphatic heterocycles. The summed E-state index contributed by atoms with van der Waals surface area (Å²) in [6, 6.07) is 13.2. The second-order valence-corrected chi connectivity index (χ2v) is 5.69. The summed E-state index contributed by atoms with van der Waals surface area (Å²) in [5, 5.41) is 0.751. The molecule has 4 rings (SSSR count). The summed E-state index contributed by atoms with van der Waals surface area (Å²) in [7, 11) is 3.20. The maximum absolute atomic E-state index is 6.08. The van der Waals surface area contributed by atoms with Gasteiger partial charge in [0, 0.05) is 18.2 Å². The number of aromatic nitrogens is 2. The third-order valence-electron chi connectivity index (χ3n) is 3.90. The molecule has 0 unspecified atom stereocenters. The number of ether oxygens (including phenoxy) is 2. The SMILES string of the molecule is COc1cc(OC)c2c(=S)cc(-n3cnc4ccccc43)oc2c1. The van der Waals surface area contributed by atoms with E-state index in [2.05, 4.69) is 4.98 Å². The fourth-order valence-corrected chi connectivity index (χ4v) is 3.05. The second-order valence-electron chi connectivity index (χ2n) is 5.25. The largest absolute Gasteiger partial charge is 0.496 e. The Bertz CT molecular complexity index is 1110. The van der Waals surface area contributed by atoms with E-state index in [1.165, 1.54) is 0 Å². The van der Waals surface area contributed by atoms with Crippen molar-refractivity contribution < 1.29 is 13.9 Å². The van der Waals surface area contributed by atoms with Gasteiger partial charge in [0.2, 0.25) is 5.88 Å². The normalized spacial score (nSPS) is 11.1. The number of para-hydroxylation sites is 2. The summed E-state index contributed by atoms with van der Waals surface area (Å²) in [4.78, 5) is 4.39. The number of nitrogens with zero attached hydrogens (tertiary/aromatic N) is 2. The van der Waals surface area contributed by atoms with Crippen molar-refractivity contribution in [2.75, 3.05) is 14.2 Å². The molecule has 0 fully saturated rings. The van der Waals surface area contributed by atoms with Crippen LogP contribution in [-0.2, 0) is 0 Å². The quantitative estimate of drug-likeness (QED) is 0.514. The van der Waals surface area contributed by atoms with Crippen LogP contribution in [0.3, 0.4) is 0 Å². The summed E-state index contributed by atoms with van der Waals surface area (Å²) in [5.74, 6) is 1.86. The van der Waals surface area contributed by atoms with Gasteiger partial charge in [0.15, 0.2) is 0 Å². The Morgan fingerprint density at radius 2 is 1.92 bits per heavy atom. The average Bonchev–Trinajstić information content (AvgIpc) is 3.04. The van der Waals surface area contributed by atoms with Gasteiger partial charge in [-0.15, -0.1) is 0 Å². The van der Waals surface area contributed by atoms with E-state index in [1.807, 2.05) is 28.8 Å². The lowest BCUT2D eigenvalue weighted by atomic mass is 10.2. The predicted molar refractivity (Wildman–Crippen MR) is 94.8 cm³/mol. The molecule has 4 aromatic rings. The van der Waals surface area contributed by atoms with E-state index in [9.17, 15) is 0 Å². The molecule has 0 N–H and O–H groups in total. The Morgan fingerprint density at radius 3 is 2.71 bits per heavy atom. The first kappa shape index (κ1) is 14.7. The van der Waals surface area contributed by atoms with Crippen LogP contribution >= 0.6 is 12.2 Å². The van der Waals surface area contributed by atoms with Crippen LogP contribution in [0.5, 0.6) is 11.5 Å². The molecular formula is C18H14N2O3S. The molecule has 0 atom stereocenters. The van der Waals surface area contributed by atoms with E-state index < -0.39 is 0 Å². The Hall–Kier alpha value is -2.86. The Kier molecular flexibility index (Phi) is 3.46. The molecule has 0 aliphatic carbocycles. The monoisotopic (exact) mass is 338 g/mol. The molecule has 0 amide bonds. The Labute approximate surface area is 143 Å². The van der Waals surface area contributed by atoms with Crippen molar-refractivity contribution in [2.45, 2.75) is 0 Å². The fraction of sp³-hybridized carbons (Fsp3) is 0.111. The summed E-state index contributed by atoms with van der Waals surface area (Å²) < 4.78 is 19.3. The summed E-state index contributed by atoms with van der Waals surface area (Å²) >= 11 is 5.56. The maximum atomic E-state index is 6.08. The van der Waals surface area contributed by atoms with E-state index in [-0.39, 0.29) is 0 Å². The van der Waals surface area contributed by atoms with E-state index in [0.717, 1.165) is 16.4 Å². The number of fused-ring (bicyclic) bond motifs is 2. The molecule has 0 aliphatic rings. The molecule has 0 radical (unpaired) electrons. The zero-order chi connectivity index (χ0) is 16.7. The highest BCUT2D eigenvalue weighted by molar-refractivity contribution is 7.71. The summed E-state index contributed by atoms with van der Waals surface area (Å²) in [6.07, 6.45) is 1.72. The molecule has 5 nitrogen and oxygen atoms in total. The maximum Gasteiger partial charge on any atom is 0.207 e. The van der Waals surface area contributed by atoms with E-state index >= 15 is 0 Å². The predicted octanol–water partition coefficient (Wildman–Crippen LogP) is 4.52. The molecule has 0 saturated carbocycles. The van der Waals surface area contributed by atoms with Crippen LogP contribution in [0.25, 0.3) is 27.9 Å². The first-order valence-corrected chi connectivity index (χ1v) is 7.74. The van der Waals surface area contributed by atoms with Crippen molar-refractivity contribution in [3.05, 3.63) is 53.3 Å². The van der Waals surface area contributed by atoms with Crippen molar-refractivity contribution in [3.63, 3.8) is 0 Å². The van der Waals surface area contributed by atoms with Gasteiger partial charge in [-0.3, -0.25) is 4.57 Å². The molecular weight excluding hydrogens is 324 g/mol. The van der Waals surface area contributed by atoms with E-state index in [1.54, 1.807) is 38.7 Å². The highest BCUT2D eigenvalue weighted by Crippen LogP contribution is 2.34. The average molecular weight is 338 g/mol. The zero-order valence-electron chi connectivity index (χ0n) is 13.1. The van der Waals surface area contributed by atoms with Gasteiger partial charge in [0.25, 0.3) is 0 Å². The van der Waals surface area contributed by atoms with Crippen LogP contribution in [0.1, 0.15) is 0 Å². The van der Waals surface area contributed by atoms with Gasteiger partial charge in [0.1, 0.15) is 23.4 Å². The lowest BCUT2D eigenvalue weighted by Crippen LogP contribution is -1.94. The minimum atomic E-state index is 0.594. The van der Waals surface area contributed by atoms with Crippen molar-refractivity contribution >= 4 is 34.2 Å². The van der Waals surface area contributed by atoms with Crippen LogP contribution in [0.15, 0.2) is 53.2 Å². The van der Waals surface area contributed by atoms with Crippen molar-refractivity contribution in [2.24, 2.45) is 0 Å². The van der Waals surface area contributed by atoms with Crippen LogP contribution in [0.4, 0.5) is 0 Å². The van der Waals surface area contributed by atoms with Gasteiger partial charge in [-0.1, -0.05) is 24.4 Å². The second kappa shape index (κ2) is 5.65. The van der Waals surface area contributed by atoms with Crippen LogP contribution in [-0.4, -0.2) is 23.8 Å². The van der Waals surface area contributed by atoms with Crippen LogP contribution < -0.4 is 9.47 Å². The summed E-state index contributed by atoms with van der Waals surface area (Å²) in [6.45, 7) is 0. The zero-order valence-corrected chi connectivity index (χ0v) is 14.0. The molecule has 2 heterocycles. The fourth-order valence-electron chi connectivity index (χ4n) is 2.75. The van der Waals surface area contributed by atoms with Crippen LogP contribution in [0, 0.1) is 4.51 Å². The lowest BCUT2D eigenvalue weighted by Gasteiger charge is -2.10. The smallest absolute Gasteiger partial charge is 0.207 e. The standard InChI is InChI=1S/C18H14N2O3S/c1-21-11-7-14(22-2)18-15(8-11)23-17(9-16(18)24)20-10-19-12-5-3-4-6-13(12)20/h3-10H,1-2H3. The lowest BCUT2D eigenvalue weighted by molar-refractivity contribution is 0.396. The molecule has 0 saturated heterocycles. The number of rotatable bonds is 3. The van der Waals surface area contributed by atoms with Crippen LogP contribution in [0.2, 0.25) is 0 Å². The van der Waals surface area contributed by atoms with Gasteiger partial charge >= 0.3 is 0 Å². The molecule has 2 aromatic carbocycles. The number of hydrogen-bond donors (Lipinski definition) is 0. The van der Waals surface area contributed by atoms with Crippen molar-refractivity contribution in [1.29, 1.82) is 0 Å². The molecule has 0 bridgehead atoms. The topological polar surface area (TPSA) is 49.4 Å². The molecule has 0 spiro atoms. The number of imidazole rings is 1. The van der Waals surface area contributed by atoms with Gasteiger partial charge in [-0.25, -0.2) is 4.98 Å². The molecule has 2 aromatic heterocycles. The first-order valence-electron chi connectivity index (χ1n) is 7.33. The van der Waals surface area contributed by atoms with Gasteiger partial charge in [-0.2, -0.15) is 0 Å². The summed E-state index contributed by atoms with van der Waals surface area (Å²) in [5.41, 5.74) is 2.44. The molecule has 6 heteroatoms. The highest BCUT2D eigenvalue weighted by atomic mass is 32.1. The van der Waals surface area contributed by atoms with E-state index in [4.69, 9.17) is 26.1 Å². The van der Waals surface area contributed by atoms with Crippen molar-refractivity contribution in [1.82, 2.24) is 9.55 Å². The Morgan fingerprint density at radius 1 is 1.08 bits per heavy atom. The van der Waals surface area contributed by atoms with Gasteiger partial charge in [0.05, 0.1) is 35.1 Å². The molecule has 120 valence electrons. The minimum absolute atomic E-state index is 0.594. The first-order chi connectivity index (χ1) is 11.7. The molecule has 24 heavy (non-hydrogen) atoms. The number of hydrogen-bond acceptors (Lipinski definition) is 5. The Balaban J connectivity index is 2.03. The highest BCUT2D eigenvalue weighted by Gasteiger charge is 2.13. The van der Waals surface area contributed by atoms with Crippen molar-refractivity contribution in [3.8, 4) is 17.4 Å².